The number of nitrogens with one attached hydrogen (secondary N) is 7. The van der Waals surface area contributed by atoms with E-state index in [1.807, 2.05) is 6.26 Å². The Hall–Kier alpha value is -9.87. The maximum absolute atomic E-state index is 15.0. The Bertz CT molecular complexity index is 3920. The van der Waals surface area contributed by atoms with Gasteiger partial charge in [0.05, 0.1) is 36.1 Å². The number of thioether (sulfide) groups is 1. The molecule has 0 aliphatic heterocycles. The number of primary amides is 1. The molecule has 0 saturated carbocycles. The van der Waals surface area contributed by atoms with Crippen LogP contribution in [0.15, 0.2) is 121 Å². The zero-order valence-electron chi connectivity index (χ0n) is 62.9. The van der Waals surface area contributed by atoms with E-state index in [0.29, 0.717) is 40.8 Å². The van der Waals surface area contributed by atoms with Crippen molar-refractivity contribution in [3.8, 4) is 0 Å². The van der Waals surface area contributed by atoms with Crippen LogP contribution in [0.25, 0.3) is 10.9 Å². The van der Waals surface area contributed by atoms with Crippen LogP contribution in [0.5, 0.6) is 0 Å². The summed E-state index contributed by atoms with van der Waals surface area (Å²) in [6.07, 6.45) is -0.790. The zero-order valence-corrected chi connectivity index (χ0v) is 64.6. The van der Waals surface area contributed by atoms with E-state index in [-0.39, 0.29) is 82.4 Å². The van der Waals surface area contributed by atoms with Crippen molar-refractivity contribution in [1.82, 2.24) is 36.9 Å². The van der Waals surface area contributed by atoms with Gasteiger partial charge in [-0.25, -0.2) is 4.79 Å². The van der Waals surface area contributed by atoms with Crippen LogP contribution in [0.1, 0.15) is 152 Å². The quantitative estimate of drug-likeness (QED) is 0.0144. The van der Waals surface area contributed by atoms with Gasteiger partial charge in [-0.1, -0.05) is 136 Å². The van der Waals surface area contributed by atoms with Crippen molar-refractivity contribution in [2.75, 3.05) is 24.3 Å². The van der Waals surface area contributed by atoms with Gasteiger partial charge >= 0.3 is 17.9 Å². The number of nitrogens with two attached hydrogens (primary N) is 2. The number of hydrogen-bond donors (Lipinski definition) is 13. The van der Waals surface area contributed by atoms with E-state index in [2.05, 4.69) is 49.5 Å². The summed E-state index contributed by atoms with van der Waals surface area (Å²) >= 11 is 5.98. The number of H-pyrrole nitrogens is 1. The summed E-state index contributed by atoms with van der Waals surface area (Å²) in [7, 11) is 0. The molecular formula is C81H107N9O18S2. The number of amides is 7. The second-order valence-electron chi connectivity index (χ2n) is 28.5. The fourth-order valence-corrected chi connectivity index (χ4v) is 13.7. The number of fused-ring (bicyclic) bond motifs is 1. The SMILES string of the molecule is CSCCC(NC(=O)C(C)CCC(N)=O)C(=O)CC(Cc1ccccc1)C(=O)NC(Cc1ccccc1)C(=O)CC(CS)C(=O)N[C@@H](Cc1ccccc1)C(=O)CC(CCCCN)C(=O)NC(CCC(=O)O)C(=O)CC(CC(C)C)C(=O)NC(CCC(=O)O)C(=O)CCC(=O)NC(Cc1c[nH]c2ccccc12)C(=O)O. The number of carboxylic acid groups (broad SMARTS) is 3. The number of Topliss-reactive ketones (excluding diaryl/α,β-unsaturated/α-hetero) is 5. The van der Waals surface area contributed by atoms with Crippen molar-refractivity contribution in [1.29, 1.82) is 0 Å². The van der Waals surface area contributed by atoms with Crippen LogP contribution in [0.4, 0.5) is 0 Å². The molecule has 0 bridgehead atoms. The molecular weight excluding hydrogens is 1450 g/mol. The van der Waals surface area contributed by atoms with Crippen molar-refractivity contribution in [3.05, 3.63) is 144 Å². The van der Waals surface area contributed by atoms with Crippen LogP contribution in [0, 0.1) is 35.5 Å². The maximum atomic E-state index is 15.0. The predicted octanol–water partition coefficient (Wildman–Crippen LogP) is 6.57. The first-order chi connectivity index (χ1) is 52.5. The first-order valence-corrected chi connectivity index (χ1v) is 39.4. The Balaban J connectivity index is 1.36. The number of carbonyl (C=O) groups excluding carboxylic acids is 12. The molecule has 0 aliphatic carbocycles. The zero-order chi connectivity index (χ0) is 80.8. The van der Waals surface area contributed by atoms with Crippen LogP contribution >= 0.6 is 24.4 Å². The van der Waals surface area contributed by atoms with E-state index in [4.69, 9.17) is 11.5 Å². The number of carbonyl (C=O) groups is 15. The highest BCUT2D eigenvalue weighted by Crippen LogP contribution is 2.26. The molecule has 5 rings (SSSR count). The van der Waals surface area contributed by atoms with Gasteiger partial charge in [-0.2, -0.15) is 24.4 Å². The fourth-order valence-electron chi connectivity index (χ4n) is 12.9. The third-order valence-electron chi connectivity index (χ3n) is 19.2. The van der Waals surface area contributed by atoms with Gasteiger partial charge in [0.25, 0.3) is 0 Å². The lowest BCUT2D eigenvalue weighted by atomic mass is 9.87. The van der Waals surface area contributed by atoms with Crippen LogP contribution < -0.4 is 43.4 Å². The molecule has 1 aromatic heterocycles. The molecule has 0 aliphatic rings. The summed E-state index contributed by atoms with van der Waals surface area (Å²) in [5.74, 6) is -17.6. The fraction of sp³-hybridized carbons (Fsp3) is 0.494. The largest absolute Gasteiger partial charge is 0.481 e. The smallest absolute Gasteiger partial charge is 0.326 e. The number of aliphatic carboxylic acids is 3. The lowest BCUT2D eigenvalue weighted by Crippen LogP contribution is -2.50. The van der Waals surface area contributed by atoms with Crippen LogP contribution in [-0.2, 0) is 97.6 Å². The molecule has 10 unspecified atom stereocenters. The average molecular weight is 1560 g/mol. The Labute approximate surface area is 651 Å². The molecule has 27 nitrogen and oxygen atoms in total. The molecule has 1 heterocycles. The van der Waals surface area contributed by atoms with E-state index in [1.54, 1.807) is 142 Å². The standard InChI is InChI=1S/C81H107N9O18S2/c1-49(2)38-55(78(104)87-61(28-33-74(98)99)67(91)30-32-73(97)85-66(81(107)108)42-57-47-84-60-26-15-14-25-59(57)60)44-68(92)62(29-34-75(100)101)88-77(103)54(24-16-17-36-82)43-70(94)64(40-52-20-10-6-11-21-52)90-80(106)58(48-109)46-71(95)65(41-53-22-12-7-13-23-53)89-79(105)56(39-51-18-8-5-9-19-51)45-69(93)63(35-37-110-4)86-76(102)50(3)27-31-72(83)96/h5-15,18-23,25-26,47,49-50,54-56,58,61-66,84,109H,16-17,24,27-46,48,82H2,1-4H3,(H2,83,96)(H,85,97)(H,86,102)(H,87,104)(H,88,103)(H,89,105)(H,90,106)(H,98,99)(H,100,101)(H,107,108)/t50?,54?,55?,56?,58?,61?,62?,63?,64-,65?,66?/m0/s1. The summed E-state index contributed by atoms with van der Waals surface area (Å²) < 4.78 is 0. The number of para-hydroxylation sites is 1. The number of hydrogen-bond acceptors (Lipinski definition) is 18. The Morgan fingerprint density at radius 1 is 0.445 bits per heavy atom. The normalized spacial score (nSPS) is 14.3. The highest BCUT2D eigenvalue weighted by molar-refractivity contribution is 7.98. The summed E-state index contributed by atoms with van der Waals surface area (Å²) in [4.78, 5) is 209. The van der Waals surface area contributed by atoms with Gasteiger partial charge in [0.2, 0.25) is 41.4 Å². The van der Waals surface area contributed by atoms with Crippen LogP contribution in [-0.4, -0.2) is 169 Å². The maximum Gasteiger partial charge on any atom is 0.326 e. The van der Waals surface area contributed by atoms with Crippen molar-refractivity contribution in [2.24, 2.45) is 47.0 Å². The highest BCUT2D eigenvalue weighted by atomic mass is 32.2. The number of thiol groups is 1. The average Bonchev–Trinajstić information content (AvgIpc) is 1.68. The molecule has 5 aromatic rings. The molecule has 0 fully saturated rings. The Morgan fingerprint density at radius 2 is 0.891 bits per heavy atom. The Kier molecular flexibility index (Phi) is 39.5. The minimum absolute atomic E-state index is 0.0102. The van der Waals surface area contributed by atoms with E-state index >= 15 is 0 Å². The summed E-state index contributed by atoms with van der Waals surface area (Å²) in [6.45, 7) is 5.31. The van der Waals surface area contributed by atoms with Gasteiger partial charge in [-0.05, 0) is 117 Å². The number of benzene rings is 4. The third-order valence-corrected chi connectivity index (χ3v) is 20.3. The number of carboxylic acids is 3. The second kappa shape index (κ2) is 47.9. The van der Waals surface area contributed by atoms with Gasteiger partial charge in [0.1, 0.15) is 6.04 Å². The van der Waals surface area contributed by atoms with Gasteiger partial charge in [0.15, 0.2) is 28.9 Å². The molecule has 4 aromatic carbocycles. The molecule has 596 valence electrons. The summed E-state index contributed by atoms with van der Waals surface area (Å²) in [5.41, 5.74) is 14.6. The van der Waals surface area contributed by atoms with Gasteiger partial charge < -0.3 is 63.7 Å². The van der Waals surface area contributed by atoms with E-state index in [9.17, 15) is 87.2 Å². The van der Waals surface area contributed by atoms with Crippen LogP contribution in [0.2, 0.25) is 0 Å². The van der Waals surface area contributed by atoms with Gasteiger partial charge in [0, 0.05) is 111 Å². The van der Waals surface area contributed by atoms with Crippen molar-refractivity contribution >= 4 is 123 Å². The summed E-state index contributed by atoms with van der Waals surface area (Å²) in [6, 6.07) is 25.5. The number of ketones is 5. The molecule has 11 atom stereocenters. The molecule has 14 N–H and O–H groups in total. The highest BCUT2D eigenvalue weighted by Gasteiger charge is 2.38. The number of aromatic amines is 1. The molecule has 0 saturated heterocycles. The Morgan fingerprint density at radius 3 is 1.40 bits per heavy atom. The monoisotopic (exact) mass is 1560 g/mol. The second-order valence-corrected chi connectivity index (χ2v) is 29.8. The lowest BCUT2D eigenvalue weighted by molar-refractivity contribution is -0.142. The van der Waals surface area contributed by atoms with Crippen molar-refractivity contribution in [2.45, 2.75) is 192 Å². The molecule has 0 spiro atoms. The van der Waals surface area contributed by atoms with Crippen molar-refractivity contribution < 1.29 is 87.2 Å². The van der Waals surface area contributed by atoms with E-state index in [0.717, 1.165) is 10.9 Å². The molecule has 7 amide bonds. The number of aromatic nitrogens is 1. The van der Waals surface area contributed by atoms with Crippen molar-refractivity contribution in [3.63, 3.8) is 0 Å². The lowest BCUT2D eigenvalue weighted by Gasteiger charge is -2.27. The molecule has 0 radical (unpaired) electrons. The topological polar surface area (TPSA) is 457 Å². The third kappa shape index (κ3) is 32.4. The first-order valence-electron chi connectivity index (χ1n) is 37.3. The number of unbranched alkanes of at least 4 members (excludes halogenated alkanes) is 1. The molecule has 110 heavy (non-hydrogen) atoms. The van der Waals surface area contributed by atoms with Gasteiger partial charge in [-0.15, -0.1) is 0 Å². The predicted molar refractivity (Wildman–Crippen MR) is 419 cm³/mol. The minimum Gasteiger partial charge on any atom is -0.481 e. The molecule has 29 heteroatoms. The van der Waals surface area contributed by atoms with E-state index < -0.39 is 212 Å². The van der Waals surface area contributed by atoms with Crippen LogP contribution in [0.3, 0.4) is 0 Å². The first kappa shape index (κ1) is 90.7. The summed E-state index contributed by atoms with van der Waals surface area (Å²) in [5, 5.41) is 46.6. The van der Waals surface area contributed by atoms with E-state index in [1.165, 1.54) is 11.8 Å². The minimum atomic E-state index is -1.55. The number of rotatable bonds is 55. The van der Waals surface area contributed by atoms with Gasteiger partial charge in [-0.3, -0.25) is 67.1 Å².